The Morgan fingerprint density at radius 1 is 0.800 bits per heavy atom. The number of nitrogens with two attached hydrogens (primary N) is 1. The molecule has 3 nitrogen and oxygen atoms in total. The Balaban J connectivity index is 1.68. The van der Waals surface area contributed by atoms with Gasteiger partial charge in [0.25, 0.3) is 0 Å². The van der Waals surface area contributed by atoms with Crippen molar-refractivity contribution in [3.05, 3.63) is 71.8 Å². The zero-order valence-corrected chi connectivity index (χ0v) is 15.3. The smallest absolute Gasteiger partial charge is 0.0234 e. The van der Waals surface area contributed by atoms with Gasteiger partial charge in [0.1, 0.15) is 0 Å². The molecule has 3 heteroatoms. The highest BCUT2D eigenvalue weighted by Crippen LogP contribution is 2.20. The van der Waals surface area contributed by atoms with Crippen molar-refractivity contribution in [3.63, 3.8) is 0 Å². The summed E-state index contributed by atoms with van der Waals surface area (Å²) < 4.78 is 0. The van der Waals surface area contributed by atoms with E-state index in [2.05, 4.69) is 77.4 Å². The summed E-state index contributed by atoms with van der Waals surface area (Å²) in [5.74, 6) is 1.18. The lowest BCUT2D eigenvalue weighted by Gasteiger charge is -2.38. The van der Waals surface area contributed by atoms with Crippen LogP contribution in [-0.2, 0) is 13.1 Å². The largest absolute Gasteiger partial charge is 0.330 e. The molecule has 0 bridgehead atoms. The molecule has 0 aromatic heterocycles. The molecule has 0 spiro atoms. The maximum Gasteiger partial charge on any atom is 0.0234 e. The van der Waals surface area contributed by atoms with Gasteiger partial charge in [-0.3, -0.25) is 9.80 Å². The second kappa shape index (κ2) is 9.14. The molecule has 0 saturated carbocycles. The standard InChI is InChI=1S/C22H31N3/c1-19-15-24(16-20-8-4-2-5-9-20)12-13-25(18-22(19)14-23)17-21-10-6-3-7-11-21/h2-11,19,22H,12-18,23H2,1H3/t19-,22-/m0/s1. The molecule has 134 valence electrons. The van der Waals surface area contributed by atoms with Gasteiger partial charge in [0.05, 0.1) is 0 Å². The second-order valence-electron chi connectivity index (χ2n) is 7.41. The van der Waals surface area contributed by atoms with Gasteiger partial charge in [-0.1, -0.05) is 67.6 Å². The van der Waals surface area contributed by atoms with Gasteiger partial charge in [0.2, 0.25) is 0 Å². The Bertz CT molecular complexity index is 614. The molecule has 1 aliphatic heterocycles. The lowest BCUT2D eigenvalue weighted by atomic mass is 9.91. The first-order valence-corrected chi connectivity index (χ1v) is 9.47. The van der Waals surface area contributed by atoms with Crippen molar-refractivity contribution in [2.24, 2.45) is 17.6 Å². The van der Waals surface area contributed by atoms with Crippen molar-refractivity contribution >= 4 is 0 Å². The molecule has 0 radical (unpaired) electrons. The number of rotatable bonds is 5. The molecule has 1 fully saturated rings. The Morgan fingerprint density at radius 3 is 1.76 bits per heavy atom. The Labute approximate surface area is 152 Å². The van der Waals surface area contributed by atoms with Crippen LogP contribution in [0, 0.1) is 11.8 Å². The summed E-state index contributed by atoms with van der Waals surface area (Å²) in [5.41, 5.74) is 8.91. The van der Waals surface area contributed by atoms with Gasteiger partial charge in [0.15, 0.2) is 0 Å². The summed E-state index contributed by atoms with van der Waals surface area (Å²) in [6, 6.07) is 21.6. The number of nitrogens with zero attached hydrogens (tertiary/aromatic N) is 2. The first-order chi connectivity index (χ1) is 12.2. The minimum Gasteiger partial charge on any atom is -0.330 e. The molecule has 2 aromatic rings. The van der Waals surface area contributed by atoms with Gasteiger partial charge >= 0.3 is 0 Å². The SMILES string of the molecule is C[C@H]1CN(Cc2ccccc2)CCN(Cc2ccccc2)C[C@@H]1CN. The third kappa shape index (κ3) is 5.40. The van der Waals surface area contributed by atoms with Crippen molar-refractivity contribution in [1.29, 1.82) is 0 Å². The molecular weight excluding hydrogens is 306 g/mol. The second-order valence-corrected chi connectivity index (χ2v) is 7.41. The van der Waals surface area contributed by atoms with E-state index >= 15 is 0 Å². The van der Waals surface area contributed by atoms with Gasteiger partial charge in [0, 0.05) is 39.3 Å². The Morgan fingerprint density at radius 2 is 1.28 bits per heavy atom. The molecule has 0 unspecified atom stereocenters. The molecule has 25 heavy (non-hydrogen) atoms. The lowest BCUT2D eigenvalue weighted by molar-refractivity contribution is 0.0998. The van der Waals surface area contributed by atoms with Crippen molar-refractivity contribution < 1.29 is 0 Å². The number of hydrogen-bond acceptors (Lipinski definition) is 3. The average Bonchev–Trinajstić information content (AvgIpc) is 2.64. The van der Waals surface area contributed by atoms with E-state index in [0.717, 1.165) is 45.8 Å². The fourth-order valence-electron chi connectivity index (χ4n) is 3.81. The highest BCUT2D eigenvalue weighted by Gasteiger charge is 2.25. The van der Waals surface area contributed by atoms with Crippen LogP contribution in [0.15, 0.2) is 60.7 Å². The van der Waals surface area contributed by atoms with Crippen molar-refractivity contribution in [3.8, 4) is 0 Å². The van der Waals surface area contributed by atoms with Gasteiger partial charge in [-0.05, 0) is 29.5 Å². The Hall–Kier alpha value is -1.68. The highest BCUT2D eigenvalue weighted by atomic mass is 15.2. The van der Waals surface area contributed by atoms with Crippen LogP contribution in [-0.4, -0.2) is 42.5 Å². The van der Waals surface area contributed by atoms with E-state index in [-0.39, 0.29) is 0 Å². The molecule has 0 aliphatic carbocycles. The number of benzene rings is 2. The van der Waals surface area contributed by atoms with Gasteiger partial charge in [-0.15, -0.1) is 0 Å². The van der Waals surface area contributed by atoms with Crippen LogP contribution < -0.4 is 5.73 Å². The normalized spacial score (nSPS) is 23.1. The fraction of sp³-hybridized carbons (Fsp3) is 0.455. The van der Waals surface area contributed by atoms with Crippen LogP contribution in [0.3, 0.4) is 0 Å². The minimum atomic E-state index is 0.558. The molecule has 0 amide bonds. The zero-order valence-electron chi connectivity index (χ0n) is 15.3. The van der Waals surface area contributed by atoms with Gasteiger partial charge in [-0.25, -0.2) is 0 Å². The summed E-state index contributed by atoms with van der Waals surface area (Å²) in [6.07, 6.45) is 0. The van der Waals surface area contributed by atoms with E-state index in [9.17, 15) is 0 Å². The summed E-state index contributed by atoms with van der Waals surface area (Å²) in [6.45, 7) is 9.63. The van der Waals surface area contributed by atoms with E-state index in [1.54, 1.807) is 0 Å². The van der Waals surface area contributed by atoms with E-state index in [1.165, 1.54) is 11.1 Å². The predicted molar refractivity (Wildman–Crippen MR) is 105 cm³/mol. The first kappa shape index (κ1) is 18.1. The quantitative estimate of drug-likeness (QED) is 0.909. The number of hydrogen-bond donors (Lipinski definition) is 1. The minimum absolute atomic E-state index is 0.558. The van der Waals surface area contributed by atoms with Crippen LogP contribution >= 0.6 is 0 Å². The van der Waals surface area contributed by atoms with E-state index < -0.39 is 0 Å². The topological polar surface area (TPSA) is 32.5 Å². The van der Waals surface area contributed by atoms with Crippen LogP contribution in [0.25, 0.3) is 0 Å². The molecule has 2 atom stereocenters. The van der Waals surface area contributed by atoms with Gasteiger partial charge in [-0.2, -0.15) is 0 Å². The average molecular weight is 338 g/mol. The summed E-state index contributed by atoms with van der Waals surface area (Å²) >= 11 is 0. The molecule has 1 aliphatic rings. The molecule has 3 rings (SSSR count). The van der Waals surface area contributed by atoms with E-state index in [0.29, 0.717) is 11.8 Å². The van der Waals surface area contributed by atoms with Crippen LogP contribution in [0.2, 0.25) is 0 Å². The highest BCUT2D eigenvalue weighted by molar-refractivity contribution is 5.15. The summed E-state index contributed by atoms with van der Waals surface area (Å²) in [7, 11) is 0. The Kier molecular flexibility index (Phi) is 6.62. The summed E-state index contributed by atoms with van der Waals surface area (Å²) in [4.78, 5) is 5.18. The van der Waals surface area contributed by atoms with E-state index in [4.69, 9.17) is 5.73 Å². The molecule has 1 heterocycles. The van der Waals surface area contributed by atoms with Crippen molar-refractivity contribution in [1.82, 2.24) is 9.80 Å². The van der Waals surface area contributed by atoms with Crippen molar-refractivity contribution in [2.75, 3.05) is 32.7 Å². The first-order valence-electron chi connectivity index (χ1n) is 9.47. The molecule has 1 saturated heterocycles. The fourth-order valence-corrected chi connectivity index (χ4v) is 3.81. The zero-order chi connectivity index (χ0) is 17.5. The third-order valence-electron chi connectivity index (χ3n) is 5.38. The molecule has 2 aromatic carbocycles. The monoisotopic (exact) mass is 337 g/mol. The maximum atomic E-state index is 6.12. The van der Waals surface area contributed by atoms with Crippen LogP contribution in [0.5, 0.6) is 0 Å². The lowest BCUT2D eigenvalue weighted by Crippen LogP contribution is -2.46. The molecular formula is C22H31N3. The third-order valence-corrected chi connectivity index (χ3v) is 5.38. The van der Waals surface area contributed by atoms with E-state index in [1.807, 2.05) is 0 Å². The maximum absolute atomic E-state index is 6.12. The van der Waals surface area contributed by atoms with Crippen LogP contribution in [0.1, 0.15) is 18.1 Å². The molecule has 2 N–H and O–H groups in total. The van der Waals surface area contributed by atoms with Crippen LogP contribution in [0.4, 0.5) is 0 Å². The van der Waals surface area contributed by atoms with Gasteiger partial charge < -0.3 is 5.73 Å². The predicted octanol–water partition coefficient (Wildman–Crippen LogP) is 3.22. The summed E-state index contributed by atoms with van der Waals surface area (Å²) in [5, 5.41) is 0. The van der Waals surface area contributed by atoms with Crippen molar-refractivity contribution in [2.45, 2.75) is 20.0 Å².